The van der Waals surface area contributed by atoms with E-state index in [9.17, 15) is 21.2 Å². The Morgan fingerprint density at radius 1 is 1.10 bits per heavy atom. The molecule has 7 nitrogen and oxygen atoms in total. The lowest BCUT2D eigenvalue weighted by Crippen LogP contribution is -2.24. The molecule has 0 saturated carbocycles. The van der Waals surface area contributed by atoms with E-state index in [0.29, 0.717) is 6.54 Å². The van der Waals surface area contributed by atoms with E-state index in [1.165, 1.54) is 18.2 Å². The SMILES string of the molecule is CS(=O)(=O)CCCOc1ccc(NS(=O)(=O)c2ccc3c(c2)CCNC3)c(F)c1. The molecule has 1 aliphatic heterocycles. The molecule has 0 amide bonds. The van der Waals surface area contributed by atoms with Crippen molar-refractivity contribution in [2.75, 3.05) is 29.9 Å². The van der Waals surface area contributed by atoms with Crippen molar-refractivity contribution in [2.45, 2.75) is 24.3 Å². The summed E-state index contributed by atoms with van der Waals surface area (Å²) in [5.41, 5.74) is 1.83. The largest absolute Gasteiger partial charge is 0.493 e. The summed E-state index contributed by atoms with van der Waals surface area (Å²) < 4.78 is 69.4. The molecule has 0 unspecified atom stereocenters. The molecule has 1 aliphatic rings. The van der Waals surface area contributed by atoms with Gasteiger partial charge >= 0.3 is 0 Å². The van der Waals surface area contributed by atoms with Crippen LogP contribution in [0.3, 0.4) is 0 Å². The molecule has 0 bridgehead atoms. The number of benzene rings is 2. The van der Waals surface area contributed by atoms with Crippen molar-refractivity contribution in [3.8, 4) is 5.75 Å². The first-order chi connectivity index (χ1) is 13.6. The maximum Gasteiger partial charge on any atom is 0.261 e. The molecule has 2 N–H and O–H groups in total. The Labute approximate surface area is 170 Å². The smallest absolute Gasteiger partial charge is 0.261 e. The van der Waals surface area contributed by atoms with Gasteiger partial charge in [-0.1, -0.05) is 6.07 Å². The Hall–Kier alpha value is -2.17. The van der Waals surface area contributed by atoms with E-state index in [1.807, 2.05) is 0 Å². The van der Waals surface area contributed by atoms with Crippen LogP contribution >= 0.6 is 0 Å². The summed E-state index contributed by atoms with van der Waals surface area (Å²) in [5.74, 6) is -0.610. The average Bonchev–Trinajstić information content (AvgIpc) is 2.66. The van der Waals surface area contributed by atoms with E-state index in [4.69, 9.17) is 4.74 Å². The van der Waals surface area contributed by atoms with Crippen LogP contribution in [0.25, 0.3) is 0 Å². The molecule has 2 aromatic rings. The number of rotatable bonds is 8. The normalized spacial score (nSPS) is 14.3. The second-order valence-corrected chi connectivity index (χ2v) is 10.9. The summed E-state index contributed by atoms with van der Waals surface area (Å²) in [5, 5.41) is 3.22. The number of sulfone groups is 1. The van der Waals surface area contributed by atoms with Crippen LogP contribution in [0.2, 0.25) is 0 Å². The first kappa shape index (κ1) is 21.5. The fraction of sp³-hybridized carbons (Fsp3) is 0.368. The Kier molecular flexibility index (Phi) is 6.45. The number of anilines is 1. The molecule has 29 heavy (non-hydrogen) atoms. The van der Waals surface area contributed by atoms with Crippen molar-refractivity contribution in [3.05, 3.63) is 53.3 Å². The standard InChI is InChI=1S/C19H23FN2O5S2/c1-28(23,24)10-2-9-27-16-4-6-19(18(20)12-16)22-29(25,26)17-5-3-15-13-21-8-7-14(15)11-17/h3-6,11-12,21-22H,2,7-10,13H2,1H3. The number of ether oxygens (including phenoxy) is 1. The van der Waals surface area contributed by atoms with Crippen LogP contribution in [-0.4, -0.2) is 42.0 Å². The first-order valence-corrected chi connectivity index (χ1v) is 12.6. The van der Waals surface area contributed by atoms with Crippen LogP contribution in [0.4, 0.5) is 10.1 Å². The Morgan fingerprint density at radius 3 is 2.62 bits per heavy atom. The molecule has 0 aromatic heterocycles. The summed E-state index contributed by atoms with van der Waals surface area (Å²) in [6, 6.07) is 8.67. The van der Waals surface area contributed by atoms with Gasteiger partial charge < -0.3 is 10.1 Å². The van der Waals surface area contributed by atoms with Crippen LogP contribution < -0.4 is 14.8 Å². The van der Waals surface area contributed by atoms with Crippen LogP contribution in [0.1, 0.15) is 17.5 Å². The summed E-state index contributed by atoms with van der Waals surface area (Å²) in [6.07, 6.45) is 2.15. The predicted octanol–water partition coefficient (Wildman–Crippen LogP) is 2.09. The zero-order valence-corrected chi connectivity index (χ0v) is 17.6. The fourth-order valence-corrected chi connectivity index (χ4v) is 4.76. The third kappa shape index (κ3) is 5.91. The molecule has 158 valence electrons. The van der Waals surface area contributed by atoms with Gasteiger partial charge in [-0.25, -0.2) is 21.2 Å². The molecule has 0 spiro atoms. The zero-order valence-electron chi connectivity index (χ0n) is 15.9. The number of nitrogens with one attached hydrogen (secondary N) is 2. The molecule has 0 fully saturated rings. The van der Waals surface area contributed by atoms with E-state index < -0.39 is 25.7 Å². The average molecular weight is 443 g/mol. The highest BCUT2D eigenvalue weighted by molar-refractivity contribution is 7.92. The van der Waals surface area contributed by atoms with Gasteiger partial charge in [-0.2, -0.15) is 0 Å². The quantitative estimate of drug-likeness (QED) is 0.607. The van der Waals surface area contributed by atoms with E-state index in [2.05, 4.69) is 10.0 Å². The minimum atomic E-state index is -3.94. The Morgan fingerprint density at radius 2 is 1.90 bits per heavy atom. The number of fused-ring (bicyclic) bond motifs is 1. The number of sulfonamides is 1. The zero-order chi connectivity index (χ0) is 21.1. The molecule has 0 aliphatic carbocycles. The van der Waals surface area contributed by atoms with Crippen molar-refractivity contribution in [3.63, 3.8) is 0 Å². The minimum Gasteiger partial charge on any atom is -0.493 e. The van der Waals surface area contributed by atoms with Gasteiger partial charge in [-0.05, 0) is 54.8 Å². The topological polar surface area (TPSA) is 102 Å². The third-order valence-electron chi connectivity index (χ3n) is 4.49. The van der Waals surface area contributed by atoms with Gasteiger partial charge in [-0.15, -0.1) is 0 Å². The molecule has 0 saturated heterocycles. The van der Waals surface area contributed by atoms with Crippen LogP contribution in [0, 0.1) is 5.82 Å². The van der Waals surface area contributed by atoms with Crippen molar-refractivity contribution in [1.82, 2.24) is 5.32 Å². The monoisotopic (exact) mass is 442 g/mol. The summed E-state index contributed by atoms with van der Waals surface area (Å²) in [6.45, 7) is 1.59. The maximum atomic E-state index is 14.4. The van der Waals surface area contributed by atoms with Gasteiger partial charge in [0.15, 0.2) is 5.82 Å². The minimum absolute atomic E-state index is 0.0236. The lowest BCUT2D eigenvalue weighted by molar-refractivity contribution is 0.316. The second kappa shape index (κ2) is 8.68. The third-order valence-corrected chi connectivity index (χ3v) is 6.88. The van der Waals surface area contributed by atoms with Gasteiger partial charge in [0.25, 0.3) is 10.0 Å². The van der Waals surface area contributed by atoms with Crippen molar-refractivity contribution < 1.29 is 26.0 Å². The molecule has 2 aromatic carbocycles. The number of halogens is 1. The lowest BCUT2D eigenvalue weighted by Gasteiger charge is -2.18. The highest BCUT2D eigenvalue weighted by Gasteiger charge is 2.19. The molecular weight excluding hydrogens is 419 g/mol. The van der Waals surface area contributed by atoms with Gasteiger partial charge in [0, 0.05) is 18.9 Å². The highest BCUT2D eigenvalue weighted by atomic mass is 32.2. The molecule has 0 radical (unpaired) electrons. The van der Waals surface area contributed by atoms with Gasteiger partial charge in [-0.3, -0.25) is 4.72 Å². The summed E-state index contributed by atoms with van der Waals surface area (Å²) in [7, 11) is -7.02. The number of hydrogen-bond donors (Lipinski definition) is 2. The van der Waals surface area contributed by atoms with E-state index in [0.717, 1.165) is 36.4 Å². The molecule has 10 heteroatoms. The summed E-state index contributed by atoms with van der Waals surface area (Å²) in [4.78, 5) is 0.0821. The van der Waals surface area contributed by atoms with Crippen LogP contribution in [0.5, 0.6) is 5.75 Å². The van der Waals surface area contributed by atoms with Crippen LogP contribution in [0.15, 0.2) is 41.3 Å². The highest BCUT2D eigenvalue weighted by Crippen LogP contribution is 2.25. The fourth-order valence-electron chi connectivity index (χ4n) is 3.00. The molecule has 3 rings (SSSR count). The van der Waals surface area contributed by atoms with E-state index in [-0.39, 0.29) is 35.1 Å². The first-order valence-electron chi connectivity index (χ1n) is 9.09. The van der Waals surface area contributed by atoms with Crippen molar-refractivity contribution in [1.29, 1.82) is 0 Å². The van der Waals surface area contributed by atoms with Crippen molar-refractivity contribution >= 4 is 25.5 Å². The van der Waals surface area contributed by atoms with Crippen molar-refractivity contribution in [2.24, 2.45) is 0 Å². The lowest BCUT2D eigenvalue weighted by atomic mass is 10.0. The molecule has 0 atom stereocenters. The molecular formula is C19H23FN2O5S2. The van der Waals surface area contributed by atoms with Gasteiger partial charge in [0.2, 0.25) is 0 Å². The predicted molar refractivity (Wildman–Crippen MR) is 109 cm³/mol. The van der Waals surface area contributed by atoms with E-state index in [1.54, 1.807) is 12.1 Å². The number of hydrogen-bond acceptors (Lipinski definition) is 6. The second-order valence-electron chi connectivity index (χ2n) is 6.94. The Balaban J connectivity index is 1.68. The summed E-state index contributed by atoms with van der Waals surface area (Å²) >= 11 is 0. The van der Waals surface area contributed by atoms with Gasteiger partial charge in [0.05, 0.1) is 22.9 Å². The van der Waals surface area contributed by atoms with Gasteiger partial charge in [0.1, 0.15) is 15.6 Å². The van der Waals surface area contributed by atoms with Crippen LogP contribution in [-0.2, 0) is 32.8 Å². The Bertz CT molecular complexity index is 1100. The molecule has 1 heterocycles. The maximum absolute atomic E-state index is 14.4. The van der Waals surface area contributed by atoms with E-state index >= 15 is 0 Å².